The first kappa shape index (κ1) is 34.4. The van der Waals surface area contributed by atoms with Gasteiger partial charge in [-0.05, 0) is 66.9 Å². The molecule has 1 unspecified atom stereocenters. The molecular formula is C30H40ClN7O6. The predicted molar refractivity (Wildman–Crippen MR) is 162 cm³/mol. The third-order valence-electron chi connectivity index (χ3n) is 6.65. The van der Waals surface area contributed by atoms with E-state index in [1.54, 1.807) is 13.8 Å². The van der Waals surface area contributed by atoms with E-state index in [2.05, 4.69) is 31.0 Å². The van der Waals surface area contributed by atoms with E-state index in [0.717, 1.165) is 11.1 Å². The molecule has 3 aromatic rings. The molecule has 2 atom stereocenters. The van der Waals surface area contributed by atoms with Gasteiger partial charge in [-0.25, -0.2) is 14.3 Å². The third-order valence-corrected chi connectivity index (χ3v) is 7.12. The fourth-order valence-electron chi connectivity index (χ4n) is 3.92. The minimum Gasteiger partial charge on any atom is -0.465 e. The molecule has 2 aromatic carbocycles. The van der Waals surface area contributed by atoms with Gasteiger partial charge in [0.05, 0.1) is 32.3 Å². The Labute approximate surface area is 262 Å². The maximum Gasteiger partial charge on any atom is 0.407 e. The molecule has 3 N–H and O–H groups in total. The highest BCUT2D eigenvalue weighted by molar-refractivity contribution is 6.15. The number of ether oxygens (including phenoxy) is 3. The normalized spacial score (nSPS) is 12.6. The van der Waals surface area contributed by atoms with Crippen LogP contribution in [-0.2, 0) is 37.0 Å². The highest BCUT2D eigenvalue weighted by Gasteiger charge is 2.31. The zero-order chi connectivity index (χ0) is 31.8. The fraction of sp³-hybridized carbons (Fsp3) is 0.467. The van der Waals surface area contributed by atoms with Gasteiger partial charge in [0.25, 0.3) is 0 Å². The lowest BCUT2D eigenvalue weighted by molar-refractivity contribution is -0.145. The molecule has 0 radical (unpaired) electrons. The maximum absolute atomic E-state index is 12.8. The SMILES string of the molecule is CC(C(=O)OCCCCNC(=O)OCCn1nnnc1[C@@H](COCc1ccccc1)NC(=O)C(C)(C)NCl)c1ccccc1. The van der Waals surface area contributed by atoms with Crippen molar-refractivity contribution in [2.45, 2.75) is 64.3 Å². The van der Waals surface area contributed by atoms with Crippen LogP contribution in [-0.4, -0.2) is 70.1 Å². The molecule has 3 rings (SSSR count). The Kier molecular flexibility index (Phi) is 14.0. The molecular weight excluding hydrogens is 590 g/mol. The van der Waals surface area contributed by atoms with Crippen LogP contribution in [0, 0.1) is 0 Å². The second-order valence-corrected chi connectivity index (χ2v) is 10.8. The van der Waals surface area contributed by atoms with Crippen molar-refractivity contribution in [2.24, 2.45) is 0 Å². The molecule has 2 amide bonds. The smallest absolute Gasteiger partial charge is 0.407 e. The van der Waals surface area contributed by atoms with Crippen LogP contribution in [0.15, 0.2) is 60.7 Å². The molecule has 14 heteroatoms. The summed E-state index contributed by atoms with van der Waals surface area (Å²) in [4.78, 5) is 39.7. The number of benzene rings is 2. The summed E-state index contributed by atoms with van der Waals surface area (Å²) in [5.74, 6) is -0.675. The van der Waals surface area contributed by atoms with Crippen molar-refractivity contribution in [1.82, 2.24) is 35.7 Å². The van der Waals surface area contributed by atoms with Crippen LogP contribution >= 0.6 is 11.8 Å². The summed E-state index contributed by atoms with van der Waals surface area (Å²) < 4.78 is 17.9. The molecule has 13 nitrogen and oxygen atoms in total. The number of unbranched alkanes of at least 4 members (excludes halogenated alkanes) is 1. The van der Waals surface area contributed by atoms with Gasteiger partial charge in [-0.15, -0.1) is 5.10 Å². The number of carbonyl (C=O) groups is 3. The van der Waals surface area contributed by atoms with E-state index in [1.165, 1.54) is 4.68 Å². The molecule has 0 fully saturated rings. The second-order valence-electron chi connectivity index (χ2n) is 10.6. The number of halogens is 1. The molecule has 0 saturated heterocycles. The molecule has 0 aliphatic carbocycles. The quantitative estimate of drug-likeness (QED) is 0.108. The lowest BCUT2D eigenvalue weighted by atomic mass is 10.0. The number of carbonyl (C=O) groups excluding carboxylic acids is 3. The lowest BCUT2D eigenvalue weighted by Crippen LogP contribution is -2.51. The zero-order valence-electron chi connectivity index (χ0n) is 25.2. The summed E-state index contributed by atoms with van der Waals surface area (Å²) in [6.45, 7) is 6.23. The summed E-state index contributed by atoms with van der Waals surface area (Å²) >= 11 is 5.75. The van der Waals surface area contributed by atoms with Crippen molar-refractivity contribution in [3.63, 3.8) is 0 Å². The fourth-order valence-corrected chi connectivity index (χ4v) is 4.01. The second kappa shape index (κ2) is 17.9. The number of esters is 1. The number of nitrogens with zero attached hydrogens (tertiary/aromatic N) is 4. The van der Waals surface area contributed by atoms with E-state index in [4.69, 9.17) is 26.0 Å². The van der Waals surface area contributed by atoms with Crippen molar-refractivity contribution >= 4 is 29.7 Å². The Balaban J connectivity index is 1.40. The highest BCUT2D eigenvalue weighted by atomic mass is 35.5. The Morgan fingerprint density at radius 1 is 0.977 bits per heavy atom. The largest absolute Gasteiger partial charge is 0.465 e. The number of hydrogen-bond acceptors (Lipinski definition) is 10. The summed E-state index contributed by atoms with van der Waals surface area (Å²) in [5.41, 5.74) is 0.805. The third kappa shape index (κ3) is 11.2. The summed E-state index contributed by atoms with van der Waals surface area (Å²) in [7, 11) is 0. The Bertz CT molecular complexity index is 1310. The van der Waals surface area contributed by atoms with E-state index in [1.807, 2.05) is 67.6 Å². The van der Waals surface area contributed by atoms with E-state index >= 15 is 0 Å². The van der Waals surface area contributed by atoms with Gasteiger partial charge in [-0.1, -0.05) is 60.7 Å². The van der Waals surface area contributed by atoms with Crippen LogP contribution < -0.4 is 15.5 Å². The minimum absolute atomic E-state index is 0.0148. The Morgan fingerprint density at radius 2 is 1.68 bits per heavy atom. The maximum atomic E-state index is 12.8. The molecule has 1 heterocycles. The van der Waals surface area contributed by atoms with Gasteiger partial charge in [0, 0.05) is 6.54 Å². The molecule has 0 saturated carbocycles. The van der Waals surface area contributed by atoms with Gasteiger partial charge in [0.15, 0.2) is 5.82 Å². The number of nitrogens with one attached hydrogen (secondary N) is 3. The van der Waals surface area contributed by atoms with Crippen LogP contribution in [0.2, 0.25) is 0 Å². The molecule has 44 heavy (non-hydrogen) atoms. The van der Waals surface area contributed by atoms with Crippen LogP contribution in [0.25, 0.3) is 0 Å². The number of alkyl carbamates (subject to hydrolysis) is 1. The molecule has 0 aliphatic heterocycles. The first-order valence-electron chi connectivity index (χ1n) is 14.4. The molecule has 0 aliphatic rings. The summed E-state index contributed by atoms with van der Waals surface area (Å²) in [6.07, 6.45) is 0.606. The first-order chi connectivity index (χ1) is 21.2. The van der Waals surface area contributed by atoms with Gasteiger partial charge in [0.2, 0.25) is 5.91 Å². The standard InChI is InChI=1S/C30H40ClN7O6/c1-22(24-14-8-5-9-15-24)27(39)43-18-11-10-16-32-29(41)44-19-17-38-26(34-36-37-38)25(33-28(40)30(2,3)35-31)21-42-20-23-12-6-4-7-13-23/h4-9,12-15,22,25,35H,10-11,16-21H2,1-3H3,(H,32,41)(H,33,40)/t22?,25-/m1/s1. The topological polar surface area (TPSA) is 159 Å². The van der Waals surface area contributed by atoms with Gasteiger partial charge >= 0.3 is 12.1 Å². The van der Waals surface area contributed by atoms with Crippen molar-refractivity contribution in [3.8, 4) is 0 Å². The highest BCUT2D eigenvalue weighted by Crippen LogP contribution is 2.17. The monoisotopic (exact) mass is 629 g/mol. The van der Waals surface area contributed by atoms with E-state index < -0.39 is 17.7 Å². The minimum atomic E-state index is -1.07. The van der Waals surface area contributed by atoms with Gasteiger partial charge in [0.1, 0.15) is 18.2 Å². The predicted octanol–water partition coefficient (Wildman–Crippen LogP) is 3.42. The Morgan fingerprint density at radius 3 is 2.39 bits per heavy atom. The molecule has 0 bridgehead atoms. The van der Waals surface area contributed by atoms with Crippen LogP contribution in [0.1, 0.15) is 62.5 Å². The average molecular weight is 630 g/mol. The van der Waals surface area contributed by atoms with Gasteiger partial charge in [-0.3, -0.25) is 9.59 Å². The summed E-state index contributed by atoms with van der Waals surface area (Å²) in [6, 6.07) is 18.3. The molecule has 238 valence electrons. The average Bonchev–Trinajstić information content (AvgIpc) is 3.51. The van der Waals surface area contributed by atoms with E-state index in [-0.39, 0.29) is 44.2 Å². The number of hydrogen-bond donors (Lipinski definition) is 3. The summed E-state index contributed by atoms with van der Waals surface area (Å²) in [5, 5.41) is 17.4. The lowest BCUT2D eigenvalue weighted by Gasteiger charge is -2.25. The Hall–Kier alpha value is -4.07. The zero-order valence-corrected chi connectivity index (χ0v) is 26.0. The van der Waals surface area contributed by atoms with E-state index in [0.29, 0.717) is 31.8 Å². The number of amides is 2. The van der Waals surface area contributed by atoms with Gasteiger partial charge < -0.3 is 24.8 Å². The van der Waals surface area contributed by atoms with Crippen LogP contribution in [0.5, 0.6) is 0 Å². The van der Waals surface area contributed by atoms with Gasteiger partial charge in [-0.2, -0.15) is 0 Å². The first-order valence-corrected chi connectivity index (χ1v) is 14.8. The molecule has 0 spiro atoms. The van der Waals surface area contributed by atoms with Crippen LogP contribution in [0.3, 0.4) is 0 Å². The van der Waals surface area contributed by atoms with Crippen molar-refractivity contribution in [2.75, 3.05) is 26.4 Å². The van der Waals surface area contributed by atoms with Crippen molar-refractivity contribution in [3.05, 3.63) is 77.6 Å². The van der Waals surface area contributed by atoms with Crippen molar-refractivity contribution in [1.29, 1.82) is 0 Å². The number of rotatable bonds is 18. The number of aromatic nitrogens is 4. The van der Waals surface area contributed by atoms with Crippen LogP contribution in [0.4, 0.5) is 4.79 Å². The number of tetrazole rings is 1. The molecule has 1 aromatic heterocycles. The van der Waals surface area contributed by atoms with Crippen molar-refractivity contribution < 1.29 is 28.6 Å². The van der Waals surface area contributed by atoms with E-state index in [9.17, 15) is 14.4 Å².